The second-order valence-electron chi connectivity index (χ2n) is 4.87. The molecule has 0 saturated carbocycles. The van der Waals surface area contributed by atoms with Crippen molar-refractivity contribution < 1.29 is 19.1 Å². The van der Waals surface area contributed by atoms with Gasteiger partial charge < -0.3 is 20.2 Å². The Morgan fingerprint density at radius 2 is 2.08 bits per heavy atom. The zero-order valence-electron chi connectivity index (χ0n) is 12.8. The molecule has 0 bridgehead atoms. The van der Waals surface area contributed by atoms with E-state index in [0.717, 1.165) is 4.47 Å². The number of furan rings is 1. The van der Waals surface area contributed by atoms with Gasteiger partial charge in [-0.3, -0.25) is 9.59 Å². The van der Waals surface area contributed by atoms with Crippen molar-refractivity contribution in [2.24, 2.45) is 0 Å². The van der Waals surface area contributed by atoms with Crippen molar-refractivity contribution in [3.63, 3.8) is 0 Å². The van der Waals surface area contributed by atoms with Gasteiger partial charge in [0.1, 0.15) is 11.5 Å². The number of aliphatic hydroxyl groups excluding tert-OH is 1. The van der Waals surface area contributed by atoms with Crippen molar-refractivity contribution in [1.82, 2.24) is 10.6 Å². The first-order valence-electron chi connectivity index (χ1n) is 7.31. The fourth-order valence-electron chi connectivity index (χ4n) is 1.87. The number of rotatable bonds is 7. The molecule has 7 heteroatoms. The van der Waals surface area contributed by atoms with Crippen LogP contribution in [0.25, 0.3) is 6.08 Å². The Labute approximate surface area is 147 Å². The maximum atomic E-state index is 12.3. The zero-order chi connectivity index (χ0) is 17.4. The van der Waals surface area contributed by atoms with Crippen LogP contribution in [0.1, 0.15) is 22.5 Å². The van der Waals surface area contributed by atoms with Crippen LogP contribution in [0.5, 0.6) is 0 Å². The summed E-state index contributed by atoms with van der Waals surface area (Å²) in [7, 11) is 0. The number of halogens is 1. The standard InChI is InChI=1S/C17H17BrN2O4/c18-13-5-1-4-12(10-13)16(22)20-15(11-14-6-2-9-24-14)17(23)19-7-3-8-21/h1-2,4-6,9-11,21H,3,7-8H2,(H,19,23)(H,20,22)/b15-11-. The Kier molecular flexibility index (Phi) is 6.77. The molecule has 0 fully saturated rings. The zero-order valence-corrected chi connectivity index (χ0v) is 14.4. The number of amides is 2. The highest BCUT2D eigenvalue weighted by Crippen LogP contribution is 2.12. The highest BCUT2D eigenvalue weighted by Gasteiger charge is 2.15. The topological polar surface area (TPSA) is 91.6 Å². The number of benzene rings is 1. The van der Waals surface area contributed by atoms with E-state index in [2.05, 4.69) is 26.6 Å². The number of nitrogens with one attached hydrogen (secondary N) is 2. The molecule has 3 N–H and O–H groups in total. The third kappa shape index (κ3) is 5.36. The molecule has 0 saturated heterocycles. The van der Waals surface area contributed by atoms with Gasteiger partial charge in [0.05, 0.1) is 6.26 Å². The monoisotopic (exact) mass is 392 g/mol. The van der Waals surface area contributed by atoms with Gasteiger partial charge >= 0.3 is 0 Å². The summed E-state index contributed by atoms with van der Waals surface area (Å²) in [4.78, 5) is 24.6. The fourth-order valence-corrected chi connectivity index (χ4v) is 2.27. The van der Waals surface area contributed by atoms with E-state index in [0.29, 0.717) is 24.3 Å². The minimum absolute atomic E-state index is 0.0259. The number of carbonyl (C=O) groups is 2. The largest absolute Gasteiger partial charge is 0.465 e. The number of hydrogen-bond donors (Lipinski definition) is 3. The van der Waals surface area contributed by atoms with E-state index >= 15 is 0 Å². The molecule has 2 aromatic rings. The van der Waals surface area contributed by atoms with Crippen LogP contribution in [0.4, 0.5) is 0 Å². The Morgan fingerprint density at radius 3 is 2.75 bits per heavy atom. The second-order valence-corrected chi connectivity index (χ2v) is 5.79. The van der Waals surface area contributed by atoms with Crippen molar-refractivity contribution in [2.75, 3.05) is 13.2 Å². The maximum Gasteiger partial charge on any atom is 0.267 e. The minimum atomic E-state index is -0.455. The lowest BCUT2D eigenvalue weighted by Gasteiger charge is -2.10. The highest BCUT2D eigenvalue weighted by molar-refractivity contribution is 9.10. The van der Waals surface area contributed by atoms with Crippen molar-refractivity contribution in [1.29, 1.82) is 0 Å². The Hall–Kier alpha value is -2.38. The molecule has 0 atom stereocenters. The van der Waals surface area contributed by atoms with E-state index < -0.39 is 11.8 Å². The second kappa shape index (κ2) is 9.05. The smallest absolute Gasteiger partial charge is 0.267 e. The van der Waals surface area contributed by atoms with Gasteiger partial charge in [-0.2, -0.15) is 0 Å². The SMILES string of the molecule is O=C(NCCCO)/C(=C/c1ccco1)NC(=O)c1cccc(Br)c1. The molecule has 0 spiro atoms. The van der Waals surface area contributed by atoms with Crippen molar-refractivity contribution in [3.8, 4) is 0 Å². The van der Waals surface area contributed by atoms with Crippen LogP contribution < -0.4 is 10.6 Å². The van der Waals surface area contributed by atoms with Crippen LogP contribution in [0.2, 0.25) is 0 Å². The molecule has 0 aliphatic rings. The van der Waals surface area contributed by atoms with Crippen molar-refractivity contribution in [2.45, 2.75) is 6.42 Å². The molecule has 1 heterocycles. The minimum Gasteiger partial charge on any atom is -0.465 e. The Morgan fingerprint density at radius 1 is 1.25 bits per heavy atom. The third-order valence-corrected chi connectivity index (χ3v) is 3.52. The van der Waals surface area contributed by atoms with E-state index in [-0.39, 0.29) is 12.3 Å². The Balaban J connectivity index is 2.16. The van der Waals surface area contributed by atoms with Gasteiger partial charge in [0.25, 0.3) is 11.8 Å². The van der Waals surface area contributed by atoms with Crippen LogP contribution in [-0.2, 0) is 4.79 Å². The summed E-state index contributed by atoms with van der Waals surface area (Å²) in [5.74, 6) is -0.425. The van der Waals surface area contributed by atoms with Gasteiger partial charge in [0.2, 0.25) is 0 Å². The van der Waals surface area contributed by atoms with Gasteiger partial charge in [-0.05, 0) is 36.8 Å². The summed E-state index contributed by atoms with van der Waals surface area (Å²) in [5, 5.41) is 14.0. The molecule has 0 radical (unpaired) electrons. The normalized spacial score (nSPS) is 11.2. The average molecular weight is 393 g/mol. The maximum absolute atomic E-state index is 12.3. The molecule has 0 aliphatic heterocycles. The van der Waals surface area contributed by atoms with E-state index in [9.17, 15) is 9.59 Å². The number of hydrogen-bond acceptors (Lipinski definition) is 4. The van der Waals surface area contributed by atoms with Crippen LogP contribution in [0.3, 0.4) is 0 Å². The van der Waals surface area contributed by atoms with E-state index in [1.54, 1.807) is 36.4 Å². The summed E-state index contributed by atoms with van der Waals surface area (Å²) in [5.41, 5.74) is 0.478. The van der Waals surface area contributed by atoms with Crippen molar-refractivity contribution in [3.05, 3.63) is 64.2 Å². The first-order valence-corrected chi connectivity index (χ1v) is 8.10. The lowest BCUT2D eigenvalue weighted by Crippen LogP contribution is -2.35. The molecule has 0 unspecified atom stereocenters. The molecular formula is C17H17BrN2O4. The third-order valence-electron chi connectivity index (χ3n) is 3.03. The number of aliphatic hydroxyl groups is 1. The highest BCUT2D eigenvalue weighted by atomic mass is 79.9. The van der Waals surface area contributed by atoms with Crippen molar-refractivity contribution >= 4 is 33.8 Å². The molecule has 2 amide bonds. The van der Waals surface area contributed by atoms with Gasteiger partial charge in [-0.15, -0.1) is 0 Å². The quantitative estimate of drug-likeness (QED) is 0.497. The molecule has 1 aromatic heterocycles. The summed E-state index contributed by atoms with van der Waals surface area (Å²) < 4.78 is 5.95. The van der Waals surface area contributed by atoms with Gasteiger partial charge in [-0.25, -0.2) is 0 Å². The van der Waals surface area contributed by atoms with Gasteiger partial charge in [-0.1, -0.05) is 22.0 Å². The van der Waals surface area contributed by atoms with Crippen LogP contribution in [0.15, 0.2) is 57.2 Å². The predicted octanol–water partition coefficient (Wildman–Crippen LogP) is 2.31. The van der Waals surface area contributed by atoms with E-state index in [1.807, 2.05) is 0 Å². The first-order chi connectivity index (χ1) is 11.6. The molecule has 0 aliphatic carbocycles. The number of carbonyl (C=O) groups excluding carboxylic acids is 2. The van der Waals surface area contributed by atoms with Crippen LogP contribution >= 0.6 is 15.9 Å². The summed E-state index contributed by atoms with van der Waals surface area (Å²) in [6, 6.07) is 10.2. The molecule has 1 aromatic carbocycles. The molecule has 2 rings (SSSR count). The predicted molar refractivity (Wildman–Crippen MR) is 93.0 cm³/mol. The average Bonchev–Trinajstić information content (AvgIpc) is 3.07. The lowest BCUT2D eigenvalue weighted by molar-refractivity contribution is -0.117. The summed E-state index contributed by atoms with van der Waals surface area (Å²) in [6.07, 6.45) is 3.35. The fraction of sp³-hybridized carbons (Fsp3) is 0.176. The summed E-state index contributed by atoms with van der Waals surface area (Å²) in [6.45, 7) is 0.277. The summed E-state index contributed by atoms with van der Waals surface area (Å²) >= 11 is 3.30. The van der Waals surface area contributed by atoms with Crippen LogP contribution in [0, 0.1) is 0 Å². The van der Waals surface area contributed by atoms with Crippen LogP contribution in [-0.4, -0.2) is 30.1 Å². The molecule has 126 valence electrons. The lowest BCUT2D eigenvalue weighted by atomic mass is 10.2. The van der Waals surface area contributed by atoms with E-state index in [1.165, 1.54) is 12.3 Å². The first kappa shape index (κ1) is 18.0. The Bertz CT molecular complexity index is 726. The van der Waals surface area contributed by atoms with Gasteiger partial charge in [0, 0.05) is 29.3 Å². The molecular weight excluding hydrogens is 376 g/mol. The molecule has 6 nitrogen and oxygen atoms in total. The van der Waals surface area contributed by atoms with E-state index in [4.69, 9.17) is 9.52 Å². The van der Waals surface area contributed by atoms with Gasteiger partial charge in [0.15, 0.2) is 0 Å². The molecule has 24 heavy (non-hydrogen) atoms.